The second-order valence-electron chi connectivity index (χ2n) is 9.15. The molecule has 0 bridgehead atoms. The highest BCUT2D eigenvalue weighted by atomic mass is 16.6. The van der Waals surface area contributed by atoms with E-state index in [0.717, 1.165) is 16.3 Å². The Morgan fingerprint density at radius 1 is 1.16 bits per heavy atom. The maximum Gasteiger partial charge on any atom is 0.320 e. The monoisotopic (exact) mass is 508 g/mol. The number of fused-ring (bicyclic) bond motifs is 2. The third kappa shape index (κ3) is 5.08. The van der Waals surface area contributed by atoms with Gasteiger partial charge >= 0.3 is 5.97 Å². The molecule has 4 aromatic rings. The number of hydrogen-bond acceptors (Lipinski definition) is 11. The van der Waals surface area contributed by atoms with Crippen molar-refractivity contribution in [1.82, 2.24) is 29.4 Å². The molecule has 0 saturated carbocycles. The van der Waals surface area contributed by atoms with E-state index >= 15 is 0 Å². The fourth-order valence-electron chi connectivity index (χ4n) is 4.59. The van der Waals surface area contributed by atoms with Gasteiger partial charge in [0.25, 0.3) is 0 Å². The van der Waals surface area contributed by atoms with E-state index in [1.807, 2.05) is 29.2 Å². The van der Waals surface area contributed by atoms with Gasteiger partial charge in [-0.3, -0.25) is 19.2 Å². The van der Waals surface area contributed by atoms with Gasteiger partial charge in [-0.05, 0) is 29.5 Å². The van der Waals surface area contributed by atoms with Crippen LogP contribution in [0.15, 0.2) is 49.3 Å². The van der Waals surface area contributed by atoms with Crippen molar-refractivity contribution >= 4 is 33.7 Å². The normalized spacial score (nSPS) is 22.7. The topological polar surface area (TPSA) is 199 Å². The number of aliphatic hydroxyl groups is 2. The van der Waals surface area contributed by atoms with Crippen LogP contribution >= 0.6 is 0 Å². The summed E-state index contributed by atoms with van der Waals surface area (Å²) in [4.78, 5) is 29.7. The molecule has 0 unspecified atom stereocenters. The van der Waals surface area contributed by atoms with Crippen LogP contribution in [0.1, 0.15) is 18.2 Å². The van der Waals surface area contributed by atoms with Crippen molar-refractivity contribution in [2.24, 2.45) is 5.73 Å². The van der Waals surface area contributed by atoms with Gasteiger partial charge in [0.1, 0.15) is 36.2 Å². The first-order valence-corrected chi connectivity index (χ1v) is 11.8. The lowest BCUT2D eigenvalue weighted by atomic mass is 10.1. The molecular formula is C24H28N8O5. The molecule has 0 aliphatic carbocycles. The third-order valence-corrected chi connectivity index (χ3v) is 6.62. The quantitative estimate of drug-likeness (QED) is 0.201. The molecule has 1 aliphatic rings. The number of aliphatic carboxylic acids is 1. The van der Waals surface area contributed by atoms with Gasteiger partial charge < -0.3 is 31.5 Å². The molecule has 37 heavy (non-hydrogen) atoms. The molecule has 5 rings (SSSR count). The average Bonchev–Trinajstić information content (AvgIpc) is 3.44. The molecule has 1 saturated heterocycles. The van der Waals surface area contributed by atoms with Crippen LogP contribution in [-0.4, -0.2) is 88.1 Å². The zero-order chi connectivity index (χ0) is 26.1. The fraction of sp³-hybridized carbons (Fsp3) is 0.375. The molecule has 1 fully saturated rings. The van der Waals surface area contributed by atoms with Crippen molar-refractivity contribution in [3.8, 4) is 0 Å². The molecule has 5 atom stereocenters. The average molecular weight is 509 g/mol. The van der Waals surface area contributed by atoms with Gasteiger partial charge in [-0.1, -0.05) is 12.1 Å². The van der Waals surface area contributed by atoms with Gasteiger partial charge in [-0.2, -0.15) is 0 Å². The Morgan fingerprint density at radius 3 is 2.81 bits per heavy atom. The Bertz CT molecular complexity index is 1410. The summed E-state index contributed by atoms with van der Waals surface area (Å²) in [6, 6.07) is 6.86. The van der Waals surface area contributed by atoms with Crippen LogP contribution in [0.2, 0.25) is 0 Å². The van der Waals surface area contributed by atoms with Gasteiger partial charge in [0.2, 0.25) is 0 Å². The number of ether oxygens (including phenoxy) is 1. The minimum atomic E-state index is -1.25. The van der Waals surface area contributed by atoms with E-state index in [0.29, 0.717) is 24.3 Å². The SMILES string of the molecule is Nc1ncnc2c1ncn2[C@@H]1O[C@H](CN(CC[C@H](N)C(=O)O)Cc2ccc3cnccc3c2)[C@@H](O)[C@H]1O. The third-order valence-electron chi connectivity index (χ3n) is 6.62. The van der Waals surface area contributed by atoms with E-state index in [2.05, 4.69) is 19.9 Å². The summed E-state index contributed by atoms with van der Waals surface area (Å²) in [6.45, 7) is 1.02. The predicted molar refractivity (Wildman–Crippen MR) is 133 cm³/mol. The lowest BCUT2D eigenvalue weighted by molar-refractivity contribution is -0.138. The number of aromatic nitrogens is 5. The summed E-state index contributed by atoms with van der Waals surface area (Å²) in [7, 11) is 0. The van der Waals surface area contributed by atoms with E-state index in [1.54, 1.807) is 12.4 Å². The second kappa shape index (κ2) is 10.3. The van der Waals surface area contributed by atoms with Crippen LogP contribution in [-0.2, 0) is 16.1 Å². The molecule has 3 aromatic heterocycles. The van der Waals surface area contributed by atoms with Crippen LogP contribution in [0.5, 0.6) is 0 Å². The molecule has 13 nitrogen and oxygen atoms in total. The van der Waals surface area contributed by atoms with Gasteiger partial charge in [0, 0.05) is 37.4 Å². The van der Waals surface area contributed by atoms with Crippen LogP contribution in [0, 0.1) is 0 Å². The molecule has 13 heteroatoms. The van der Waals surface area contributed by atoms with Gasteiger partial charge in [-0.25, -0.2) is 15.0 Å². The maximum absolute atomic E-state index is 11.3. The molecule has 4 heterocycles. The molecule has 0 radical (unpaired) electrons. The summed E-state index contributed by atoms with van der Waals surface area (Å²) >= 11 is 0. The first-order valence-electron chi connectivity index (χ1n) is 11.8. The molecule has 1 aliphatic heterocycles. The summed E-state index contributed by atoms with van der Waals surface area (Å²) in [6.07, 6.45) is 2.24. The van der Waals surface area contributed by atoms with Gasteiger partial charge in [-0.15, -0.1) is 0 Å². The Labute approximate surface area is 211 Å². The summed E-state index contributed by atoms with van der Waals surface area (Å²) in [5.41, 5.74) is 13.4. The van der Waals surface area contributed by atoms with Gasteiger partial charge in [0.15, 0.2) is 17.7 Å². The number of carboxylic acid groups (broad SMARTS) is 1. The number of hydrogen-bond donors (Lipinski definition) is 5. The highest BCUT2D eigenvalue weighted by molar-refractivity contribution is 5.82. The van der Waals surface area contributed by atoms with E-state index in [4.69, 9.17) is 16.2 Å². The molecule has 0 amide bonds. The number of carboxylic acids is 1. The lowest BCUT2D eigenvalue weighted by Gasteiger charge is -2.27. The number of pyridine rings is 1. The molecule has 0 spiro atoms. The summed E-state index contributed by atoms with van der Waals surface area (Å²) in [5.74, 6) is -0.889. The van der Waals surface area contributed by atoms with Crippen molar-refractivity contribution in [3.05, 3.63) is 54.9 Å². The Morgan fingerprint density at radius 2 is 2.00 bits per heavy atom. The molecule has 7 N–H and O–H groups in total. The number of nitrogen functional groups attached to an aromatic ring is 1. The van der Waals surface area contributed by atoms with Crippen LogP contribution < -0.4 is 11.5 Å². The zero-order valence-electron chi connectivity index (χ0n) is 19.8. The smallest absolute Gasteiger partial charge is 0.320 e. The first kappa shape index (κ1) is 24.9. The second-order valence-corrected chi connectivity index (χ2v) is 9.15. The number of rotatable bonds is 9. The minimum absolute atomic E-state index is 0.195. The van der Waals surface area contributed by atoms with Crippen LogP contribution in [0.3, 0.4) is 0 Å². The number of benzene rings is 1. The summed E-state index contributed by atoms with van der Waals surface area (Å²) in [5, 5.41) is 32.9. The number of nitrogens with two attached hydrogens (primary N) is 2. The Hall–Kier alpha value is -3.75. The molecular weight excluding hydrogens is 480 g/mol. The van der Waals surface area contributed by atoms with E-state index in [-0.39, 0.29) is 18.8 Å². The lowest BCUT2D eigenvalue weighted by Crippen LogP contribution is -2.42. The fourth-order valence-corrected chi connectivity index (χ4v) is 4.59. The van der Waals surface area contributed by atoms with Crippen molar-refractivity contribution in [2.75, 3.05) is 18.8 Å². The number of nitrogens with zero attached hydrogens (tertiary/aromatic N) is 6. The Balaban J connectivity index is 1.36. The van der Waals surface area contributed by atoms with Crippen LogP contribution in [0.4, 0.5) is 5.82 Å². The number of anilines is 1. The Kier molecular flexibility index (Phi) is 6.95. The van der Waals surface area contributed by atoms with Crippen molar-refractivity contribution in [2.45, 2.75) is 43.5 Å². The van der Waals surface area contributed by atoms with Gasteiger partial charge in [0.05, 0.1) is 6.33 Å². The molecule has 1 aromatic carbocycles. The van der Waals surface area contributed by atoms with E-state index in [9.17, 15) is 20.1 Å². The maximum atomic E-state index is 11.3. The van der Waals surface area contributed by atoms with E-state index < -0.39 is 36.6 Å². The highest BCUT2D eigenvalue weighted by Gasteiger charge is 2.45. The number of aliphatic hydroxyl groups excluding tert-OH is 2. The zero-order valence-corrected chi connectivity index (χ0v) is 19.8. The minimum Gasteiger partial charge on any atom is -0.480 e. The van der Waals surface area contributed by atoms with Crippen molar-refractivity contribution in [3.63, 3.8) is 0 Å². The van der Waals surface area contributed by atoms with Crippen molar-refractivity contribution in [1.29, 1.82) is 0 Å². The first-order chi connectivity index (χ1) is 17.8. The largest absolute Gasteiger partial charge is 0.480 e. The summed E-state index contributed by atoms with van der Waals surface area (Å²) < 4.78 is 7.61. The molecule has 194 valence electrons. The van der Waals surface area contributed by atoms with E-state index in [1.165, 1.54) is 17.2 Å². The number of carbonyl (C=O) groups is 1. The highest BCUT2D eigenvalue weighted by Crippen LogP contribution is 2.32. The predicted octanol–water partition coefficient (Wildman–Crippen LogP) is -0.120. The number of imidazole rings is 1. The van der Waals surface area contributed by atoms with Crippen LogP contribution in [0.25, 0.3) is 21.9 Å². The van der Waals surface area contributed by atoms with Crippen molar-refractivity contribution < 1.29 is 24.9 Å². The standard InChI is InChI=1S/C24H28N8O5/c25-16(24(35)36)4-6-31(9-13-1-2-15-8-27-5-3-14(15)7-13)10-17-19(33)20(34)23(37-17)32-12-30-18-21(26)28-11-29-22(18)32/h1-3,5,7-8,11-12,16-17,19-20,23,33-34H,4,6,9-10,25H2,(H,35,36)(H2,26,28,29)/t16-,17+,19+,20+,23+/m0/s1.